The molecule has 0 aromatic rings. The fourth-order valence-corrected chi connectivity index (χ4v) is 2.73. The van der Waals surface area contributed by atoms with Gasteiger partial charge in [0.2, 0.25) is 0 Å². The third kappa shape index (κ3) is 2.45. The molecule has 0 saturated heterocycles. The van der Waals surface area contributed by atoms with Crippen LogP contribution in [-0.4, -0.2) is 13.0 Å². The summed E-state index contributed by atoms with van der Waals surface area (Å²) >= 11 is 0. The molecule has 0 fully saturated rings. The molecule has 1 rings (SSSR count). The minimum absolute atomic E-state index is 0.190. The first-order valence-electron chi connectivity index (χ1n) is 4.64. The Balaban J connectivity index is 2.99. The summed E-state index contributed by atoms with van der Waals surface area (Å²) < 4.78 is 31.1. The van der Waals surface area contributed by atoms with Gasteiger partial charge in [0, 0.05) is 0 Å². The highest BCUT2D eigenvalue weighted by Gasteiger charge is 2.26. The van der Waals surface area contributed by atoms with E-state index in [0.29, 0.717) is 6.42 Å². The van der Waals surface area contributed by atoms with Crippen molar-refractivity contribution in [2.24, 2.45) is 5.92 Å². The number of rotatable bonds is 2. The van der Waals surface area contributed by atoms with Crippen molar-refractivity contribution in [3.8, 4) is 0 Å². The summed E-state index contributed by atoms with van der Waals surface area (Å²) in [6.45, 7) is 7.48. The van der Waals surface area contributed by atoms with E-state index in [4.69, 9.17) is 4.55 Å². The van der Waals surface area contributed by atoms with Crippen molar-refractivity contribution >= 4 is 10.1 Å². The zero-order valence-corrected chi connectivity index (χ0v) is 9.39. The van der Waals surface area contributed by atoms with E-state index in [1.165, 1.54) is 0 Å². The molecule has 0 bridgehead atoms. The van der Waals surface area contributed by atoms with E-state index in [0.717, 1.165) is 24.0 Å². The van der Waals surface area contributed by atoms with Crippen LogP contribution in [0.1, 0.15) is 33.1 Å². The van der Waals surface area contributed by atoms with Gasteiger partial charge in [0.05, 0.1) is 4.91 Å². The van der Waals surface area contributed by atoms with Gasteiger partial charge in [0.15, 0.2) is 0 Å². The van der Waals surface area contributed by atoms with Crippen LogP contribution in [0.15, 0.2) is 22.6 Å². The first-order valence-corrected chi connectivity index (χ1v) is 6.08. The highest BCUT2D eigenvalue weighted by molar-refractivity contribution is 7.89. The Morgan fingerprint density at radius 1 is 1.57 bits per heavy atom. The van der Waals surface area contributed by atoms with Gasteiger partial charge in [0.25, 0.3) is 10.1 Å². The van der Waals surface area contributed by atoms with Crippen LogP contribution in [0.4, 0.5) is 0 Å². The third-order valence-electron chi connectivity index (χ3n) is 2.78. The summed E-state index contributed by atoms with van der Waals surface area (Å²) in [5.74, 6) is 0.190. The number of hydrogen-bond acceptors (Lipinski definition) is 2. The highest BCUT2D eigenvalue weighted by Crippen LogP contribution is 2.34. The molecule has 0 saturated carbocycles. The van der Waals surface area contributed by atoms with Gasteiger partial charge in [0.1, 0.15) is 0 Å². The van der Waals surface area contributed by atoms with Crippen LogP contribution in [0.3, 0.4) is 0 Å². The molecule has 80 valence electrons. The minimum Gasteiger partial charge on any atom is -0.282 e. The van der Waals surface area contributed by atoms with Crippen molar-refractivity contribution in [1.29, 1.82) is 0 Å². The molecule has 0 amide bonds. The van der Waals surface area contributed by atoms with E-state index in [1.54, 1.807) is 6.92 Å². The van der Waals surface area contributed by atoms with Crippen LogP contribution in [0.5, 0.6) is 0 Å². The molecule has 1 atom stereocenters. The Morgan fingerprint density at radius 3 is 2.57 bits per heavy atom. The lowest BCUT2D eigenvalue weighted by Gasteiger charge is -2.24. The quantitative estimate of drug-likeness (QED) is 0.570. The van der Waals surface area contributed by atoms with E-state index in [1.807, 2.05) is 6.92 Å². The topological polar surface area (TPSA) is 54.4 Å². The summed E-state index contributed by atoms with van der Waals surface area (Å²) in [4.78, 5) is 0.191. The van der Waals surface area contributed by atoms with Gasteiger partial charge in [-0.3, -0.25) is 4.55 Å². The maximum atomic E-state index is 11.0. The Morgan fingerprint density at radius 2 is 2.14 bits per heavy atom. The fraction of sp³-hybridized carbons (Fsp3) is 0.600. The second-order valence-corrected chi connectivity index (χ2v) is 5.41. The van der Waals surface area contributed by atoms with Gasteiger partial charge < -0.3 is 0 Å². The monoisotopic (exact) mass is 216 g/mol. The molecule has 0 unspecified atom stereocenters. The molecule has 0 aliphatic heterocycles. The maximum absolute atomic E-state index is 11.0. The summed E-state index contributed by atoms with van der Waals surface area (Å²) in [6.07, 6.45) is 2.06. The van der Waals surface area contributed by atoms with E-state index in [2.05, 4.69) is 6.58 Å². The minimum atomic E-state index is -4.00. The predicted molar refractivity (Wildman–Crippen MR) is 56.4 cm³/mol. The molecule has 1 aliphatic carbocycles. The third-order valence-corrected chi connectivity index (χ3v) is 3.92. The Labute approximate surface area is 85.3 Å². The molecule has 1 N–H and O–H groups in total. The average Bonchev–Trinajstić information content (AvgIpc) is 2.02. The Hall–Kier alpha value is -0.610. The van der Waals surface area contributed by atoms with Gasteiger partial charge >= 0.3 is 0 Å². The fourth-order valence-electron chi connectivity index (χ4n) is 1.78. The van der Waals surface area contributed by atoms with Crippen LogP contribution in [0.2, 0.25) is 0 Å². The summed E-state index contributed by atoms with van der Waals surface area (Å²) in [6, 6.07) is 0. The molecule has 3 nitrogen and oxygen atoms in total. The second-order valence-electron chi connectivity index (χ2n) is 3.96. The second kappa shape index (κ2) is 3.87. The zero-order chi connectivity index (χ0) is 10.9. The first kappa shape index (κ1) is 11.5. The van der Waals surface area contributed by atoms with Crippen molar-refractivity contribution in [3.63, 3.8) is 0 Å². The van der Waals surface area contributed by atoms with Gasteiger partial charge in [-0.1, -0.05) is 17.7 Å². The number of hydrogen-bond donors (Lipinski definition) is 1. The molecule has 14 heavy (non-hydrogen) atoms. The zero-order valence-electron chi connectivity index (χ0n) is 8.58. The number of allylic oxidation sites excluding steroid dienone is 3. The normalized spacial score (nSPS) is 23.8. The van der Waals surface area contributed by atoms with Crippen molar-refractivity contribution in [1.82, 2.24) is 0 Å². The average molecular weight is 216 g/mol. The molecule has 0 radical (unpaired) electrons. The summed E-state index contributed by atoms with van der Waals surface area (Å²) in [7, 11) is -4.00. The van der Waals surface area contributed by atoms with Gasteiger partial charge in [-0.25, -0.2) is 0 Å². The van der Waals surface area contributed by atoms with E-state index < -0.39 is 10.1 Å². The molecule has 0 aromatic heterocycles. The lowest BCUT2D eigenvalue weighted by Crippen LogP contribution is -2.16. The molecule has 1 aliphatic rings. The highest BCUT2D eigenvalue weighted by atomic mass is 32.2. The summed E-state index contributed by atoms with van der Waals surface area (Å²) in [5, 5.41) is 0. The van der Waals surface area contributed by atoms with Crippen molar-refractivity contribution < 1.29 is 13.0 Å². The van der Waals surface area contributed by atoms with E-state index >= 15 is 0 Å². The van der Waals surface area contributed by atoms with Gasteiger partial charge in [-0.05, 0) is 39.0 Å². The summed E-state index contributed by atoms with van der Waals surface area (Å²) in [5.41, 5.74) is 1.77. The van der Waals surface area contributed by atoms with Crippen LogP contribution in [0, 0.1) is 5.92 Å². The van der Waals surface area contributed by atoms with Gasteiger partial charge in [-0.2, -0.15) is 8.42 Å². The molecule has 0 aromatic carbocycles. The largest absolute Gasteiger partial charge is 0.290 e. The lowest BCUT2D eigenvalue weighted by molar-refractivity contribution is 0.472. The molecular formula is C10H16O3S. The lowest BCUT2D eigenvalue weighted by atomic mass is 9.86. The van der Waals surface area contributed by atoms with Crippen LogP contribution < -0.4 is 0 Å². The van der Waals surface area contributed by atoms with E-state index in [9.17, 15) is 8.42 Å². The van der Waals surface area contributed by atoms with Gasteiger partial charge in [-0.15, -0.1) is 0 Å². The first-order chi connectivity index (χ1) is 6.32. The Kier molecular flexibility index (Phi) is 3.17. The standard InChI is InChI=1S/C10H16O3S/c1-7(2)9-5-4-8(3)10(6-9)14(11,12)13/h9H,1,4-6H2,2-3H3,(H,11,12,13)/t9-/m1/s1. The van der Waals surface area contributed by atoms with Crippen molar-refractivity contribution in [2.75, 3.05) is 0 Å². The Bertz CT molecular complexity index is 376. The smallest absolute Gasteiger partial charge is 0.282 e. The van der Waals surface area contributed by atoms with E-state index in [-0.39, 0.29) is 10.8 Å². The predicted octanol–water partition coefficient (Wildman–Crippen LogP) is 2.52. The van der Waals surface area contributed by atoms with Crippen LogP contribution >= 0.6 is 0 Å². The van der Waals surface area contributed by atoms with Crippen LogP contribution in [-0.2, 0) is 10.1 Å². The van der Waals surface area contributed by atoms with Crippen LogP contribution in [0.25, 0.3) is 0 Å². The molecule has 0 spiro atoms. The molecule has 4 heteroatoms. The van der Waals surface area contributed by atoms with Crippen molar-refractivity contribution in [3.05, 3.63) is 22.6 Å². The van der Waals surface area contributed by atoms with Crippen molar-refractivity contribution in [2.45, 2.75) is 33.1 Å². The SMILES string of the molecule is C=C(C)[C@@H]1CCC(C)=C(S(=O)(=O)O)C1. The molecular weight excluding hydrogens is 200 g/mol. The maximum Gasteiger partial charge on any atom is 0.290 e. The molecule has 0 heterocycles.